The van der Waals surface area contributed by atoms with Crippen LogP contribution in [-0.2, 0) is 21.4 Å². The molecule has 4 rings (SSSR count). The summed E-state index contributed by atoms with van der Waals surface area (Å²) in [5, 5.41) is 24.7. The maximum absolute atomic E-state index is 13.0. The van der Waals surface area contributed by atoms with Gasteiger partial charge in [-0.25, -0.2) is 9.67 Å². The first-order valence-electron chi connectivity index (χ1n) is 8.79. The SMILES string of the molecule is Cn1nnnc1SCC1=C(C(=O)[O-])N2C(=O)[C@@H](N(C(=O)CN)c3csc(N)n3)[C@@H]2SC1.[Na+]. The van der Waals surface area contributed by atoms with E-state index in [1.807, 2.05) is 0 Å². The normalized spacial score (nSPS) is 19.8. The molecule has 2 aliphatic heterocycles. The minimum Gasteiger partial charge on any atom is -0.543 e. The molecule has 2 amide bonds. The van der Waals surface area contributed by atoms with Crippen LogP contribution in [0, 0.1) is 0 Å². The Kier molecular flexibility index (Phi) is 7.85. The van der Waals surface area contributed by atoms with E-state index in [0.29, 0.717) is 16.5 Å². The van der Waals surface area contributed by atoms with Gasteiger partial charge in [-0.2, -0.15) is 0 Å². The summed E-state index contributed by atoms with van der Waals surface area (Å²) in [5.74, 6) is -1.72. The summed E-state index contributed by atoms with van der Waals surface area (Å²) in [5.41, 5.74) is 11.5. The number of carboxylic acid groups (broad SMARTS) is 1. The van der Waals surface area contributed by atoms with Crippen molar-refractivity contribution in [3.8, 4) is 0 Å². The third kappa shape index (κ3) is 4.40. The van der Waals surface area contributed by atoms with Crippen molar-refractivity contribution in [3.05, 3.63) is 16.7 Å². The van der Waals surface area contributed by atoms with Crippen molar-refractivity contribution in [2.45, 2.75) is 16.6 Å². The van der Waals surface area contributed by atoms with Gasteiger partial charge in [0.05, 0.1) is 18.2 Å². The van der Waals surface area contributed by atoms with Crippen LogP contribution in [0.5, 0.6) is 0 Å². The van der Waals surface area contributed by atoms with Crippen LogP contribution < -0.4 is 51.0 Å². The van der Waals surface area contributed by atoms with Crippen LogP contribution in [0.15, 0.2) is 21.8 Å². The largest absolute Gasteiger partial charge is 1.00 e. The van der Waals surface area contributed by atoms with Gasteiger partial charge in [-0.05, 0) is 16.0 Å². The van der Waals surface area contributed by atoms with Crippen LogP contribution in [0.3, 0.4) is 0 Å². The maximum atomic E-state index is 13.0. The molecule has 32 heavy (non-hydrogen) atoms. The summed E-state index contributed by atoms with van der Waals surface area (Å²) in [6.45, 7) is -0.338. The number of carboxylic acids is 1. The summed E-state index contributed by atoms with van der Waals surface area (Å²) in [7, 11) is 1.67. The van der Waals surface area contributed by atoms with E-state index in [0.717, 1.165) is 16.2 Å². The van der Waals surface area contributed by atoms with Gasteiger partial charge >= 0.3 is 29.6 Å². The Hall–Kier alpha value is -1.69. The van der Waals surface area contributed by atoms with E-state index >= 15 is 0 Å². The van der Waals surface area contributed by atoms with E-state index < -0.39 is 29.2 Å². The van der Waals surface area contributed by atoms with Crippen molar-refractivity contribution < 1.29 is 49.0 Å². The van der Waals surface area contributed by atoms with Gasteiger partial charge in [0.2, 0.25) is 11.1 Å². The second kappa shape index (κ2) is 10.1. The molecule has 17 heteroatoms. The number of aromatic nitrogens is 5. The molecule has 13 nitrogen and oxygen atoms in total. The average Bonchev–Trinajstić information content (AvgIpc) is 3.36. The van der Waals surface area contributed by atoms with Gasteiger partial charge in [0.25, 0.3) is 5.91 Å². The first kappa shape index (κ1) is 24.9. The van der Waals surface area contributed by atoms with E-state index in [1.165, 1.54) is 33.1 Å². The Labute approximate surface area is 216 Å². The number of amides is 2. The first-order valence-corrected chi connectivity index (χ1v) is 11.7. The minimum atomic E-state index is -1.46. The van der Waals surface area contributed by atoms with E-state index in [-0.39, 0.29) is 58.5 Å². The van der Waals surface area contributed by atoms with Gasteiger partial charge < -0.3 is 21.4 Å². The zero-order chi connectivity index (χ0) is 22.3. The maximum Gasteiger partial charge on any atom is 1.00 e. The molecule has 2 aliphatic rings. The molecule has 164 valence electrons. The molecule has 4 heterocycles. The van der Waals surface area contributed by atoms with Crippen molar-refractivity contribution in [2.24, 2.45) is 12.8 Å². The van der Waals surface area contributed by atoms with Crippen LogP contribution in [0.4, 0.5) is 10.9 Å². The number of fused-ring (bicyclic) bond motifs is 1. The number of thioether (sulfide) groups is 2. The molecule has 2 aromatic heterocycles. The monoisotopic (exact) mass is 505 g/mol. The van der Waals surface area contributed by atoms with E-state index in [9.17, 15) is 19.5 Å². The molecular formula is C15H16N9NaO4S3. The average molecular weight is 506 g/mol. The number of nitrogens with zero attached hydrogens (tertiary/aromatic N) is 7. The van der Waals surface area contributed by atoms with Crippen LogP contribution in [0.1, 0.15) is 0 Å². The van der Waals surface area contributed by atoms with Crippen LogP contribution in [0.25, 0.3) is 0 Å². The van der Waals surface area contributed by atoms with Crippen molar-refractivity contribution in [1.82, 2.24) is 30.1 Å². The summed E-state index contributed by atoms with van der Waals surface area (Å²) in [4.78, 5) is 43.9. The van der Waals surface area contributed by atoms with Crippen molar-refractivity contribution in [2.75, 3.05) is 28.7 Å². The van der Waals surface area contributed by atoms with Gasteiger partial charge in [0.15, 0.2) is 5.13 Å². The number of nitrogen functional groups attached to an aromatic ring is 1. The number of thiazole rings is 1. The predicted octanol–water partition coefficient (Wildman–Crippen LogP) is -5.38. The quantitative estimate of drug-likeness (QED) is 0.207. The van der Waals surface area contributed by atoms with Gasteiger partial charge in [-0.1, -0.05) is 11.8 Å². The number of carbonyl (C=O) groups is 3. The fraction of sp³-hybridized carbons (Fsp3) is 0.400. The van der Waals surface area contributed by atoms with Crippen LogP contribution in [0.2, 0.25) is 0 Å². The van der Waals surface area contributed by atoms with E-state index in [1.54, 1.807) is 12.4 Å². The molecule has 0 saturated carbocycles. The molecule has 0 unspecified atom stereocenters. The van der Waals surface area contributed by atoms with Crippen molar-refractivity contribution >= 4 is 63.6 Å². The Bertz CT molecular complexity index is 1090. The Morgan fingerprint density at radius 2 is 2.19 bits per heavy atom. The van der Waals surface area contributed by atoms with Crippen molar-refractivity contribution in [1.29, 1.82) is 0 Å². The fourth-order valence-electron chi connectivity index (χ4n) is 3.28. The van der Waals surface area contributed by atoms with Gasteiger partial charge in [0, 0.05) is 23.9 Å². The van der Waals surface area contributed by atoms with Crippen LogP contribution >= 0.6 is 34.9 Å². The fourth-order valence-corrected chi connectivity index (χ4v) is 6.19. The number of aliphatic carboxylic acids is 1. The minimum absolute atomic E-state index is 0. The zero-order valence-electron chi connectivity index (χ0n) is 17.0. The Balaban J connectivity index is 0.00000289. The molecule has 2 aromatic rings. The van der Waals surface area contributed by atoms with E-state index in [2.05, 4.69) is 20.5 Å². The number of tetrazole rings is 1. The van der Waals surface area contributed by atoms with Crippen molar-refractivity contribution in [3.63, 3.8) is 0 Å². The number of carbonyl (C=O) groups excluding carboxylic acids is 3. The van der Waals surface area contributed by atoms with Gasteiger partial charge in [-0.3, -0.25) is 19.4 Å². The molecule has 4 N–H and O–H groups in total. The summed E-state index contributed by atoms with van der Waals surface area (Å²) in [6.07, 6.45) is 0. The van der Waals surface area contributed by atoms with Gasteiger partial charge in [0.1, 0.15) is 17.2 Å². The topological polar surface area (TPSA) is 189 Å². The third-order valence-corrected chi connectivity index (χ3v) is 7.73. The molecular weight excluding hydrogens is 489 g/mol. The smallest absolute Gasteiger partial charge is 0.543 e. The van der Waals surface area contributed by atoms with Gasteiger partial charge in [-0.15, -0.1) is 28.2 Å². The molecule has 2 atom stereocenters. The molecule has 0 spiro atoms. The molecule has 0 bridgehead atoms. The molecule has 1 fully saturated rings. The number of hydrogen-bond acceptors (Lipinski definition) is 13. The zero-order valence-corrected chi connectivity index (χ0v) is 21.4. The number of anilines is 2. The summed E-state index contributed by atoms with van der Waals surface area (Å²) < 4.78 is 1.46. The Morgan fingerprint density at radius 1 is 1.44 bits per heavy atom. The summed E-state index contributed by atoms with van der Waals surface area (Å²) in [6, 6.07) is -0.936. The van der Waals surface area contributed by atoms with E-state index in [4.69, 9.17) is 11.5 Å². The molecule has 0 aliphatic carbocycles. The third-order valence-electron chi connectivity index (χ3n) is 4.65. The molecule has 0 aromatic carbocycles. The Morgan fingerprint density at radius 3 is 2.75 bits per heavy atom. The predicted molar refractivity (Wildman–Crippen MR) is 112 cm³/mol. The molecule has 0 radical (unpaired) electrons. The second-order valence-electron chi connectivity index (χ2n) is 6.48. The second-order valence-corrected chi connectivity index (χ2v) is 9.42. The standard InChI is InChI=1S/C15H17N9O4S3.Na/c1-22-15(19-20-21-22)31-4-6-3-29-12-10(11(26)24(12)9(6)13(27)28)23(8(25)2-16)7-5-30-14(17)18-7;/h5,10,12H,2-4,16H2,1H3,(H2,17,18)(H,27,28);/q;+1/p-1/t10-,12+;/m1./s1. The molecule has 1 saturated heterocycles. The summed E-state index contributed by atoms with van der Waals surface area (Å²) >= 11 is 3.72. The number of nitrogens with two attached hydrogens (primary N) is 2. The first-order chi connectivity index (χ1) is 14.8. The van der Waals surface area contributed by atoms with Crippen LogP contribution in [-0.4, -0.2) is 77.3 Å². The number of β-lactam (4-membered cyclic amide) rings is 1. The number of aryl methyl sites for hydroxylation is 1. The number of rotatable bonds is 7. The number of hydrogen-bond donors (Lipinski definition) is 2.